The molecule has 0 atom stereocenters. The van der Waals surface area contributed by atoms with Crippen LogP contribution in [0.3, 0.4) is 0 Å². The number of carbonyl (C=O) groups excluding carboxylic acids is 1. The fraction of sp³-hybridized carbons (Fsp3) is 0.500. The molecular weight excluding hydrogens is 208 g/mol. The second kappa shape index (κ2) is 6.73. The van der Waals surface area contributed by atoms with E-state index in [1.165, 1.54) is 0 Å². The molecule has 6 nitrogen and oxygen atoms in total. The third kappa shape index (κ3) is 4.22. The Balaban J connectivity index is 2.29. The Labute approximate surface area is 94.4 Å². The molecule has 0 aliphatic carbocycles. The van der Waals surface area contributed by atoms with Crippen LogP contribution < -0.4 is 10.6 Å². The van der Waals surface area contributed by atoms with Crippen molar-refractivity contribution in [2.24, 2.45) is 0 Å². The highest BCUT2D eigenvalue weighted by Gasteiger charge is 2.03. The molecule has 0 saturated carbocycles. The number of aromatic nitrogens is 2. The van der Waals surface area contributed by atoms with Crippen molar-refractivity contribution in [3.05, 3.63) is 18.1 Å². The van der Waals surface area contributed by atoms with Crippen LogP contribution in [0, 0.1) is 6.92 Å². The summed E-state index contributed by atoms with van der Waals surface area (Å²) in [7, 11) is 1.59. The Kier molecular flexibility index (Phi) is 5.21. The smallest absolute Gasteiger partial charge is 0.239 e. The summed E-state index contributed by atoms with van der Waals surface area (Å²) in [4.78, 5) is 19.4. The van der Waals surface area contributed by atoms with Gasteiger partial charge in [-0.15, -0.1) is 0 Å². The number of anilines is 1. The van der Waals surface area contributed by atoms with E-state index in [1.807, 2.05) is 6.92 Å². The first-order valence-electron chi connectivity index (χ1n) is 5.01. The Hall–Kier alpha value is -1.69. The molecule has 0 aromatic carbocycles. The highest BCUT2D eigenvalue weighted by Crippen LogP contribution is 2.04. The van der Waals surface area contributed by atoms with E-state index in [0.29, 0.717) is 19.0 Å². The van der Waals surface area contributed by atoms with E-state index in [9.17, 15) is 4.79 Å². The van der Waals surface area contributed by atoms with Crippen molar-refractivity contribution in [3.8, 4) is 0 Å². The molecule has 1 heterocycles. The minimum absolute atomic E-state index is 0.0953. The molecule has 88 valence electrons. The van der Waals surface area contributed by atoms with E-state index in [1.54, 1.807) is 19.5 Å². The van der Waals surface area contributed by atoms with Crippen molar-refractivity contribution in [1.29, 1.82) is 0 Å². The van der Waals surface area contributed by atoms with E-state index in [2.05, 4.69) is 20.6 Å². The highest BCUT2D eigenvalue weighted by molar-refractivity contribution is 5.80. The lowest BCUT2D eigenvalue weighted by molar-refractivity contribution is -0.119. The normalized spacial score (nSPS) is 9.88. The van der Waals surface area contributed by atoms with E-state index >= 15 is 0 Å². The van der Waals surface area contributed by atoms with Gasteiger partial charge in [0.2, 0.25) is 5.91 Å². The summed E-state index contributed by atoms with van der Waals surface area (Å²) in [6.07, 6.45) is 3.19. The molecule has 0 bridgehead atoms. The van der Waals surface area contributed by atoms with Gasteiger partial charge in [-0.3, -0.25) is 9.78 Å². The molecule has 6 heteroatoms. The number of nitrogens with zero attached hydrogens (tertiary/aromatic N) is 2. The van der Waals surface area contributed by atoms with Crippen LogP contribution in [0.4, 0.5) is 5.82 Å². The maximum absolute atomic E-state index is 11.3. The molecule has 16 heavy (non-hydrogen) atoms. The summed E-state index contributed by atoms with van der Waals surface area (Å²) in [6, 6.07) is 0. The van der Waals surface area contributed by atoms with Gasteiger partial charge in [-0.05, 0) is 6.92 Å². The number of ether oxygens (including phenoxy) is 1. The summed E-state index contributed by atoms with van der Waals surface area (Å²) in [5.41, 5.74) is 0.771. The first-order valence-corrected chi connectivity index (χ1v) is 5.01. The molecular formula is C10H16N4O2. The highest BCUT2D eigenvalue weighted by atomic mass is 16.5. The molecule has 1 rings (SSSR count). The van der Waals surface area contributed by atoms with Gasteiger partial charge in [0.25, 0.3) is 0 Å². The molecule has 0 saturated heterocycles. The molecule has 0 fully saturated rings. The average Bonchev–Trinajstić information content (AvgIpc) is 2.28. The van der Waals surface area contributed by atoms with E-state index < -0.39 is 0 Å². The molecule has 0 radical (unpaired) electrons. The summed E-state index contributed by atoms with van der Waals surface area (Å²) in [6.45, 7) is 3.04. The first-order chi connectivity index (χ1) is 7.74. The van der Waals surface area contributed by atoms with Gasteiger partial charge < -0.3 is 15.4 Å². The van der Waals surface area contributed by atoms with Crippen molar-refractivity contribution in [3.63, 3.8) is 0 Å². The van der Waals surface area contributed by atoms with Crippen molar-refractivity contribution in [1.82, 2.24) is 15.3 Å². The van der Waals surface area contributed by atoms with Crippen LogP contribution >= 0.6 is 0 Å². The zero-order valence-corrected chi connectivity index (χ0v) is 9.49. The Morgan fingerprint density at radius 1 is 1.44 bits per heavy atom. The molecule has 2 N–H and O–H groups in total. The van der Waals surface area contributed by atoms with Gasteiger partial charge in [-0.1, -0.05) is 0 Å². The molecule has 1 aromatic rings. The van der Waals surface area contributed by atoms with Gasteiger partial charge in [0.1, 0.15) is 5.82 Å². The lowest BCUT2D eigenvalue weighted by Crippen LogP contribution is -2.32. The van der Waals surface area contributed by atoms with Crippen molar-refractivity contribution in [2.45, 2.75) is 6.92 Å². The number of nitrogens with one attached hydrogen (secondary N) is 2. The SMILES string of the molecule is COCCNC(=O)CNc1nccnc1C. The van der Waals surface area contributed by atoms with Crippen LogP contribution in [0.2, 0.25) is 0 Å². The van der Waals surface area contributed by atoms with Gasteiger partial charge in [0.15, 0.2) is 0 Å². The third-order valence-corrected chi connectivity index (χ3v) is 1.93. The van der Waals surface area contributed by atoms with Crippen LogP contribution in [0.25, 0.3) is 0 Å². The number of hydrogen-bond donors (Lipinski definition) is 2. The minimum atomic E-state index is -0.0953. The monoisotopic (exact) mass is 224 g/mol. The van der Waals surface area contributed by atoms with Crippen LogP contribution in [-0.2, 0) is 9.53 Å². The van der Waals surface area contributed by atoms with Crippen LogP contribution in [0.1, 0.15) is 5.69 Å². The molecule has 1 aromatic heterocycles. The summed E-state index contributed by atoms with van der Waals surface area (Å²) in [5, 5.41) is 5.61. The fourth-order valence-electron chi connectivity index (χ4n) is 1.10. The Morgan fingerprint density at radius 3 is 2.88 bits per heavy atom. The Bertz CT molecular complexity index is 343. The zero-order chi connectivity index (χ0) is 11.8. The molecule has 1 amide bonds. The van der Waals surface area contributed by atoms with Crippen molar-refractivity contribution >= 4 is 11.7 Å². The largest absolute Gasteiger partial charge is 0.383 e. The van der Waals surface area contributed by atoms with Crippen LogP contribution in [0.15, 0.2) is 12.4 Å². The van der Waals surface area contributed by atoms with Crippen molar-refractivity contribution in [2.75, 3.05) is 32.1 Å². The van der Waals surface area contributed by atoms with Crippen LogP contribution in [-0.4, -0.2) is 42.7 Å². The van der Waals surface area contributed by atoms with Crippen LogP contribution in [0.5, 0.6) is 0 Å². The topological polar surface area (TPSA) is 76.1 Å². The molecule has 0 spiro atoms. The number of methoxy groups -OCH3 is 1. The lowest BCUT2D eigenvalue weighted by atomic mass is 10.4. The summed E-state index contributed by atoms with van der Waals surface area (Å²) in [5.74, 6) is 0.534. The van der Waals surface area contributed by atoms with Crippen molar-refractivity contribution < 1.29 is 9.53 Å². The molecule has 0 aliphatic heterocycles. The standard InChI is InChI=1S/C10H16N4O2/c1-8-10(13-4-3-11-8)14-7-9(15)12-5-6-16-2/h3-4H,5-7H2,1-2H3,(H,12,15)(H,13,14). The van der Waals surface area contributed by atoms with Gasteiger partial charge >= 0.3 is 0 Å². The van der Waals surface area contributed by atoms with Gasteiger partial charge in [-0.2, -0.15) is 0 Å². The quantitative estimate of drug-likeness (QED) is 0.663. The number of aryl methyl sites for hydroxylation is 1. The number of rotatable bonds is 6. The zero-order valence-electron chi connectivity index (χ0n) is 9.49. The fourth-order valence-corrected chi connectivity index (χ4v) is 1.10. The van der Waals surface area contributed by atoms with E-state index in [0.717, 1.165) is 5.69 Å². The average molecular weight is 224 g/mol. The number of amides is 1. The predicted molar refractivity (Wildman–Crippen MR) is 60.1 cm³/mol. The minimum Gasteiger partial charge on any atom is -0.383 e. The second-order valence-corrected chi connectivity index (χ2v) is 3.19. The summed E-state index contributed by atoms with van der Waals surface area (Å²) >= 11 is 0. The molecule has 0 unspecified atom stereocenters. The summed E-state index contributed by atoms with van der Waals surface area (Å²) < 4.78 is 4.82. The van der Waals surface area contributed by atoms with Gasteiger partial charge in [0.05, 0.1) is 18.8 Å². The third-order valence-electron chi connectivity index (χ3n) is 1.93. The Morgan fingerprint density at radius 2 is 2.19 bits per heavy atom. The van der Waals surface area contributed by atoms with E-state index in [4.69, 9.17) is 4.74 Å². The first kappa shape index (κ1) is 12.4. The predicted octanol–water partition coefficient (Wildman–Crippen LogP) is -0.0405. The lowest BCUT2D eigenvalue weighted by Gasteiger charge is -2.07. The number of carbonyl (C=O) groups is 1. The maximum atomic E-state index is 11.3. The maximum Gasteiger partial charge on any atom is 0.239 e. The second-order valence-electron chi connectivity index (χ2n) is 3.19. The number of hydrogen-bond acceptors (Lipinski definition) is 5. The van der Waals surface area contributed by atoms with E-state index in [-0.39, 0.29) is 12.5 Å². The molecule has 0 aliphatic rings. The van der Waals surface area contributed by atoms with Gasteiger partial charge in [-0.25, -0.2) is 4.98 Å². The van der Waals surface area contributed by atoms with Gasteiger partial charge in [0, 0.05) is 26.0 Å².